The number of nitrogens with zero attached hydrogens (tertiary/aromatic N) is 2. The Bertz CT molecular complexity index is 767. The van der Waals surface area contributed by atoms with Crippen molar-refractivity contribution in [3.05, 3.63) is 40.7 Å². The molecule has 0 radical (unpaired) electrons. The Morgan fingerprint density at radius 2 is 2.12 bits per heavy atom. The number of rotatable bonds is 5. The number of aromatic amines is 1. The number of hydrogen-bond donors (Lipinski definition) is 2. The Morgan fingerprint density at radius 3 is 2.92 bits per heavy atom. The molecule has 3 rings (SSSR count). The summed E-state index contributed by atoms with van der Waals surface area (Å²) in [6.07, 6.45) is 5.56. The second-order valence-corrected chi connectivity index (χ2v) is 5.54. The van der Waals surface area contributed by atoms with Crippen molar-refractivity contribution < 1.29 is 14.3 Å². The molecule has 2 aromatic rings. The first-order valence-corrected chi connectivity index (χ1v) is 7.84. The fourth-order valence-electron chi connectivity index (χ4n) is 2.82. The van der Waals surface area contributed by atoms with E-state index >= 15 is 0 Å². The summed E-state index contributed by atoms with van der Waals surface area (Å²) in [5.41, 5.74) is 5.73. The van der Waals surface area contributed by atoms with Gasteiger partial charge in [-0.15, -0.1) is 0 Å². The maximum Gasteiger partial charge on any atom is 0.292 e. The number of carbonyl (C=O) groups excluding carboxylic acids is 1. The Hall–Kier alpha value is -2.83. The van der Waals surface area contributed by atoms with E-state index in [0.717, 1.165) is 36.9 Å². The molecule has 0 aliphatic heterocycles. The van der Waals surface area contributed by atoms with Crippen LogP contribution in [0.15, 0.2) is 23.3 Å². The van der Waals surface area contributed by atoms with Crippen LogP contribution in [-0.4, -0.2) is 36.5 Å². The van der Waals surface area contributed by atoms with Crippen molar-refractivity contribution in [1.82, 2.24) is 15.6 Å². The van der Waals surface area contributed by atoms with E-state index < -0.39 is 0 Å². The molecule has 1 aromatic heterocycles. The Labute approximate surface area is 140 Å². The standard InChI is InChI=1S/C17H20N4O3/c1-23-12-7-8-15(24-2)11(9-12)10-18-21-17(22)16-13-5-3-4-6-14(13)19-20-16/h7-10H,3-6H2,1-2H3,(H,19,20)(H,21,22)/b18-10+. The number of hydrazone groups is 1. The van der Waals surface area contributed by atoms with Crippen molar-refractivity contribution in [2.24, 2.45) is 5.10 Å². The second kappa shape index (κ2) is 7.16. The zero-order valence-electron chi connectivity index (χ0n) is 13.8. The lowest BCUT2D eigenvalue weighted by molar-refractivity contribution is 0.0949. The highest BCUT2D eigenvalue weighted by molar-refractivity contribution is 5.95. The number of H-pyrrole nitrogens is 1. The fraction of sp³-hybridized carbons (Fsp3) is 0.353. The number of methoxy groups -OCH3 is 2. The van der Waals surface area contributed by atoms with E-state index in [-0.39, 0.29) is 5.91 Å². The summed E-state index contributed by atoms with van der Waals surface area (Å²) in [4.78, 5) is 12.3. The summed E-state index contributed by atoms with van der Waals surface area (Å²) < 4.78 is 10.5. The number of aryl methyl sites for hydroxylation is 1. The Balaban J connectivity index is 1.72. The van der Waals surface area contributed by atoms with Crippen LogP contribution in [0.3, 0.4) is 0 Å². The molecule has 0 atom stereocenters. The molecule has 1 amide bonds. The summed E-state index contributed by atoms with van der Waals surface area (Å²) in [6, 6.07) is 5.36. The van der Waals surface area contributed by atoms with E-state index in [4.69, 9.17) is 9.47 Å². The van der Waals surface area contributed by atoms with E-state index in [2.05, 4.69) is 20.7 Å². The van der Waals surface area contributed by atoms with Gasteiger partial charge in [-0.25, -0.2) is 5.43 Å². The summed E-state index contributed by atoms with van der Waals surface area (Å²) in [7, 11) is 3.17. The first-order chi connectivity index (χ1) is 11.7. The molecule has 24 heavy (non-hydrogen) atoms. The Morgan fingerprint density at radius 1 is 1.29 bits per heavy atom. The number of nitrogens with one attached hydrogen (secondary N) is 2. The highest BCUT2D eigenvalue weighted by Gasteiger charge is 2.21. The number of benzene rings is 1. The van der Waals surface area contributed by atoms with Gasteiger partial charge in [0.05, 0.1) is 20.4 Å². The van der Waals surface area contributed by atoms with Crippen molar-refractivity contribution in [3.8, 4) is 11.5 Å². The van der Waals surface area contributed by atoms with Crippen LogP contribution >= 0.6 is 0 Å². The molecule has 0 saturated heterocycles. The molecule has 0 spiro atoms. The molecule has 1 heterocycles. The zero-order valence-corrected chi connectivity index (χ0v) is 13.8. The number of amides is 1. The highest BCUT2D eigenvalue weighted by Crippen LogP contribution is 2.23. The average Bonchev–Trinajstić information content (AvgIpc) is 3.05. The van der Waals surface area contributed by atoms with E-state index in [1.165, 1.54) is 6.21 Å². The van der Waals surface area contributed by atoms with Crippen LogP contribution in [0.25, 0.3) is 0 Å². The lowest BCUT2D eigenvalue weighted by Crippen LogP contribution is -2.20. The van der Waals surface area contributed by atoms with Crippen LogP contribution in [0, 0.1) is 0 Å². The summed E-state index contributed by atoms with van der Waals surface area (Å²) in [5.74, 6) is 1.02. The molecular formula is C17H20N4O3. The quantitative estimate of drug-likeness (QED) is 0.649. The number of hydrogen-bond acceptors (Lipinski definition) is 5. The van der Waals surface area contributed by atoms with Gasteiger partial charge >= 0.3 is 0 Å². The molecule has 2 N–H and O–H groups in total. The SMILES string of the molecule is COc1ccc(OC)c(/C=N/NC(=O)c2n[nH]c3c2CCCC3)c1. The molecule has 0 bridgehead atoms. The third kappa shape index (κ3) is 3.24. The van der Waals surface area contributed by atoms with Crippen LogP contribution < -0.4 is 14.9 Å². The predicted molar refractivity (Wildman–Crippen MR) is 89.8 cm³/mol. The predicted octanol–water partition coefficient (Wildman–Crippen LogP) is 2.07. The zero-order chi connectivity index (χ0) is 16.9. The van der Waals surface area contributed by atoms with Crippen LogP contribution in [0.5, 0.6) is 11.5 Å². The second-order valence-electron chi connectivity index (χ2n) is 5.54. The molecule has 1 aliphatic carbocycles. The van der Waals surface area contributed by atoms with E-state index in [1.807, 2.05) is 0 Å². The molecule has 7 heteroatoms. The van der Waals surface area contributed by atoms with Crippen molar-refractivity contribution >= 4 is 12.1 Å². The van der Waals surface area contributed by atoms with Crippen molar-refractivity contribution in [3.63, 3.8) is 0 Å². The molecule has 1 aromatic carbocycles. The van der Waals surface area contributed by atoms with Gasteiger partial charge in [-0.3, -0.25) is 9.89 Å². The fourth-order valence-corrected chi connectivity index (χ4v) is 2.82. The van der Waals surface area contributed by atoms with E-state index in [0.29, 0.717) is 22.8 Å². The smallest absolute Gasteiger partial charge is 0.292 e. The van der Waals surface area contributed by atoms with Gasteiger partial charge in [-0.05, 0) is 43.9 Å². The largest absolute Gasteiger partial charge is 0.497 e. The van der Waals surface area contributed by atoms with Gasteiger partial charge in [0.15, 0.2) is 5.69 Å². The molecular weight excluding hydrogens is 308 g/mol. The molecule has 0 saturated carbocycles. The van der Waals surface area contributed by atoms with Gasteiger partial charge in [0.25, 0.3) is 5.91 Å². The monoisotopic (exact) mass is 328 g/mol. The molecule has 0 fully saturated rings. The number of aromatic nitrogens is 2. The highest BCUT2D eigenvalue weighted by atomic mass is 16.5. The summed E-state index contributed by atoms with van der Waals surface area (Å²) in [5, 5.41) is 11.1. The minimum Gasteiger partial charge on any atom is -0.497 e. The number of ether oxygens (including phenoxy) is 2. The molecule has 0 unspecified atom stereocenters. The summed E-state index contributed by atoms with van der Waals surface area (Å²) >= 11 is 0. The first-order valence-electron chi connectivity index (χ1n) is 7.84. The van der Waals surface area contributed by atoms with Gasteiger partial charge in [-0.2, -0.15) is 10.2 Å². The van der Waals surface area contributed by atoms with Gasteiger partial charge in [0.2, 0.25) is 0 Å². The van der Waals surface area contributed by atoms with Gasteiger partial charge < -0.3 is 9.47 Å². The molecule has 1 aliphatic rings. The minimum atomic E-state index is -0.312. The topological polar surface area (TPSA) is 88.6 Å². The van der Waals surface area contributed by atoms with Crippen LogP contribution in [0.4, 0.5) is 0 Å². The van der Waals surface area contributed by atoms with Gasteiger partial charge in [-0.1, -0.05) is 0 Å². The summed E-state index contributed by atoms with van der Waals surface area (Å²) in [6.45, 7) is 0. The third-order valence-electron chi connectivity index (χ3n) is 4.08. The molecule has 126 valence electrons. The van der Waals surface area contributed by atoms with Crippen molar-refractivity contribution in [1.29, 1.82) is 0 Å². The van der Waals surface area contributed by atoms with Gasteiger partial charge in [0.1, 0.15) is 11.5 Å². The van der Waals surface area contributed by atoms with Crippen LogP contribution in [-0.2, 0) is 12.8 Å². The maximum atomic E-state index is 12.3. The van der Waals surface area contributed by atoms with Crippen LogP contribution in [0.1, 0.15) is 40.2 Å². The first kappa shape index (κ1) is 16.0. The van der Waals surface area contributed by atoms with Crippen molar-refractivity contribution in [2.45, 2.75) is 25.7 Å². The number of fused-ring (bicyclic) bond motifs is 1. The van der Waals surface area contributed by atoms with E-state index in [9.17, 15) is 4.79 Å². The van der Waals surface area contributed by atoms with Gasteiger partial charge in [0, 0.05) is 16.8 Å². The minimum absolute atomic E-state index is 0.312. The normalized spacial score (nSPS) is 13.6. The Kier molecular flexibility index (Phi) is 4.79. The molecule has 7 nitrogen and oxygen atoms in total. The number of carbonyl (C=O) groups is 1. The van der Waals surface area contributed by atoms with Crippen molar-refractivity contribution in [2.75, 3.05) is 14.2 Å². The lowest BCUT2D eigenvalue weighted by Gasteiger charge is -2.10. The third-order valence-corrected chi connectivity index (χ3v) is 4.08. The average molecular weight is 328 g/mol. The maximum absolute atomic E-state index is 12.3. The van der Waals surface area contributed by atoms with E-state index in [1.54, 1.807) is 32.4 Å². The van der Waals surface area contributed by atoms with Crippen LogP contribution in [0.2, 0.25) is 0 Å². The lowest BCUT2D eigenvalue weighted by atomic mass is 9.96.